The molecule has 3 rings (SSSR count). The first-order valence-electron chi connectivity index (χ1n) is 8.37. The lowest BCUT2D eigenvalue weighted by molar-refractivity contribution is -0.385. The van der Waals surface area contributed by atoms with Crippen molar-refractivity contribution in [1.29, 1.82) is 0 Å². The first kappa shape index (κ1) is 16.9. The third kappa shape index (κ3) is 3.96. The SMILES string of the molecule is CCOc1cccc(NC2CCN(c3ncccn3)CC2)c1[N+](=O)[O-]. The summed E-state index contributed by atoms with van der Waals surface area (Å²) in [6.45, 7) is 3.81. The number of hydrogen-bond donors (Lipinski definition) is 1. The lowest BCUT2D eigenvalue weighted by Crippen LogP contribution is -2.40. The van der Waals surface area contributed by atoms with Crippen molar-refractivity contribution in [3.8, 4) is 5.75 Å². The molecule has 0 amide bonds. The minimum atomic E-state index is -0.389. The number of hydrogen-bond acceptors (Lipinski definition) is 7. The van der Waals surface area contributed by atoms with E-state index >= 15 is 0 Å². The Balaban J connectivity index is 1.68. The van der Waals surface area contributed by atoms with Crippen molar-refractivity contribution in [2.24, 2.45) is 0 Å². The van der Waals surface area contributed by atoms with Crippen molar-refractivity contribution < 1.29 is 9.66 Å². The first-order valence-corrected chi connectivity index (χ1v) is 8.37. The van der Waals surface area contributed by atoms with Gasteiger partial charge in [-0.3, -0.25) is 10.1 Å². The molecule has 8 heteroatoms. The van der Waals surface area contributed by atoms with Crippen LogP contribution >= 0.6 is 0 Å². The molecule has 0 unspecified atom stereocenters. The van der Waals surface area contributed by atoms with Gasteiger partial charge in [0.05, 0.1) is 11.5 Å². The fourth-order valence-electron chi connectivity index (χ4n) is 3.00. The van der Waals surface area contributed by atoms with Crippen LogP contribution in [-0.2, 0) is 0 Å². The van der Waals surface area contributed by atoms with Gasteiger partial charge in [0.1, 0.15) is 5.69 Å². The van der Waals surface area contributed by atoms with E-state index in [1.54, 1.807) is 36.7 Å². The van der Waals surface area contributed by atoms with Crippen molar-refractivity contribution >= 4 is 17.3 Å². The highest BCUT2D eigenvalue weighted by molar-refractivity contribution is 5.68. The Morgan fingerprint density at radius 1 is 1.28 bits per heavy atom. The van der Waals surface area contributed by atoms with Crippen molar-refractivity contribution in [2.45, 2.75) is 25.8 Å². The van der Waals surface area contributed by atoms with Gasteiger partial charge in [0.15, 0.2) is 5.75 Å². The number of rotatable bonds is 6. The Labute approximate surface area is 146 Å². The summed E-state index contributed by atoms with van der Waals surface area (Å²) >= 11 is 0. The molecular weight excluding hydrogens is 322 g/mol. The second-order valence-corrected chi connectivity index (χ2v) is 5.80. The summed E-state index contributed by atoms with van der Waals surface area (Å²) in [6, 6.07) is 7.08. The van der Waals surface area contributed by atoms with Gasteiger partial charge < -0.3 is 15.0 Å². The molecule has 1 aliphatic heterocycles. The third-order valence-electron chi connectivity index (χ3n) is 4.17. The standard InChI is InChI=1S/C17H21N5O3/c1-2-25-15-6-3-5-14(16(15)22(23)24)20-13-7-11-21(12-8-13)17-18-9-4-10-19-17/h3-6,9-10,13,20H,2,7-8,11-12H2,1H3. The van der Waals surface area contributed by atoms with Crippen LogP contribution in [0.3, 0.4) is 0 Å². The number of ether oxygens (including phenoxy) is 1. The van der Waals surface area contributed by atoms with Crippen LogP contribution in [0.15, 0.2) is 36.7 Å². The second kappa shape index (κ2) is 7.78. The first-order chi connectivity index (χ1) is 12.2. The summed E-state index contributed by atoms with van der Waals surface area (Å²) in [4.78, 5) is 21.7. The van der Waals surface area contributed by atoms with Gasteiger partial charge in [0.25, 0.3) is 0 Å². The zero-order chi connectivity index (χ0) is 17.6. The van der Waals surface area contributed by atoms with Crippen LogP contribution in [0.2, 0.25) is 0 Å². The van der Waals surface area contributed by atoms with Gasteiger partial charge in [-0.05, 0) is 38.0 Å². The highest BCUT2D eigenvalue weighted by atomic mass is 16.6. The maximum Gasteiger partial charge on any atom is 0.333 e. The lowest BCUT2D eigenvalue weighted by Gasteiger charge is -2.32. The number of para-hydroxylation sites is 1. The molecule has 2 heterocycles. The van der Waals surface area contributed by atoms with Crippen LogP contribution in [0, 0.1) is 10.1 Å². The van der Waals surface area contributed by atoms with Crippen molar-refractivity contribution in [3.05, 3.63) is 46.8 Å². The van der Waals surface area contributed by atoms with E-state index in [4.69, 9.17) is 4.74 Å². The predicted octanol–water partition coefficient (Wildman–Crippen LogP) is 2.86. The number of benzene rings is 1. The Morgan fingerprint density at radius 2 is 2.00 bits per heavy atom. The molecule has 1 aromatic carbocycles. The van der Waals surface area contributed by atoms with E-state index in [0.29, 0.717) is 18.0 Å². The van der Waals surface area contributed by atoms with E-state index in [1.165, 1.54) is 0 Å². The topological polar surface area (TPSA) is 93.4 Å². The molecule has 0 atom stereocenters. The molecular formula is C17H21N5O3. The summed E-state index contributed by atoms with van der Waals surface area (Å²) in [6.07, 6.45) is 5.17. The Kier molecular flexibility index (Phi) is 5.27. The van der Waals surface area contributed by atoms with Crippen LogP contribution in [-0.4, -0.2) is 40.6 Å². The normalized spacial score (nSPS) is 15.0. The number of nitro groups is 1. The van der Waals surface area contributed by atoms with Gasteiger partial charge in [-0.25, -0.2) is 9.97 Å². The van der Waals surface area contributed by atoms with Crippen LogP contribution in [0.5, 0.6) is 5.75 Å². The smallest absolute Gasteiger partial charge is 0.333 e. The molecule has 132 valence electrons. The van der Waals surface area contributed by atoms with Gasteiger partial charge in [-0.1, -0.05) is 6.07 Å². The van der Waals surface area contributed by atoms with Crippen LogP contribution in [0.4, 0.5) is 17.3 Å². The van der Waals surface area contributed by atoms with E-state index < -0.39 is 0 Å². The summed E-state index contributed by atoms with van der Waals surface area (Å²) in [5.41, 5.74) is 0.503. The van der Waals surface area contributed by atoms with E-state index in [0.717, 1.165) is 31.9 Å². The molecule has 8 nitrogen and oxygen atoms in total. The molecule has 0 saturated carbocycles. The van der Waals surface area contributed by atoms with Gasteiger partial charge >= 0.3 is 5.69 Å². The van der Waals surface area contributed by atoms with Gasteiger partial charge in [0, 0.05) is 31.5 Å². The number of nitrogens with zero attached hydrogens (tertiary/aromatic N) is 4. The van der Waals surface area contributed by atoms with Crippen LogP contribution < -0.4 is 15.0 Å². The maximum absolute atomic E-state index is 11.5. The molecule has 0 aliphatic carbocycles. The fraction of sp³-hybridized carbons (Fsp3) is 0.412. The molecule has 25 heavy (non-hydrogen) atoms. The lowest BCUT2D eigenvalue weighted by atomic mass is 10.0. The Bertz CT molecular complexity index is 717. The largest absolute Gasteiger partial charge is 0.487 e. The quantitative estimate of drug-likeness (QED) is 0.636. The van der Waals surface area contributed by atoms with Crippen molar-refractivity contribution in [2.75, 3.05) is 29.9 Å². The van der Waals surface area contributed by atoms with Gasteiger partial charge in [-0.2, -0.15) is 0 Å². The number of nitrogens with one attached hydrogen (secondary N) is 1. The molecule has 1 aromatic heterocycles. The van der Waals surface area contributed by atoms with Gasteiger partial charge in [0.2, 0.25) is 5.95 Å². The average molecular weight is 343 g/mol. The summed E-state index contributed by atoms with van der Waals surface area (Å²) in [5, 5.41) is 14.8. The molecule has 1 aliphatic rings. The number of piperidine rings is 1. The van der Waals surface area contributed by atoms with Crippen LogP contribution in [0.1, 0.15) is 19.8 Å². The molecule has 2 aromatic rings. The predicted molar refractivity (Wildman–Crippen MR) is 95.2 cm³/mol. The fourth-order valence-corrected chi connectivity index (χ4v) is 3.00. The number of aromatic nitrogens is 2. The van der Waals surface area contributed by atoms with E-state index in [2.05, 4.69) is 20.2 Å². The van der Waals surface area contributed by atoms with E-state index in [1.807, 2.05) is 6.92 Å². The highest BCUT2D eigenvalue weighted by Gasteiger charge is 2.25. The number of anilines is 2. The van der Waals surface area contributed by atoms with Crippen molar-refractivity contribution in [3.63, 3.8) is 0 Å². The van der Waals surface area contributed by atoms with Gasteiger partial charge in [-0.15, -0.1) is 0 Å². The monoisotopic (exact) mass is 343 g/mol. The summed E-state index contributed by atoms with van der Waals surface area (Å²) < 4.78 is 5.40. The average Bonchev–Trinajstić information content (AvgIpc) is 2.63. The molecule has 1 saturated heterocycles. The minimum absolute atomic E-state index is 0.00169. The summed E-state index contributed by atoms with van der Waals surface area (Å²) in [5.74, 6) is 1.03. The number of nitro benzene ring substituents is 1. The zero-order valence-corrected chi connectivity index (χ0v) is 14.1. The maximum atomic E-state index is 11.5. The molecule has 0 radical (unpaired) electrons. The molecule has 0 bridgehead atoms. The highest BCUT2D eigenvalue weighted by Crippen LogP contribution is 2.35. The van der Waals surface area contributed by atoms with Crippen LogP contribution in [0.25, 0.3) is 0 Å². The minimum Gasteiger partial charge on any atom is -0.487 e. The summed E-state index contributed by atoms with van der Waals surface area (Å²) in [7, 11) is 0. The Morgan fingerprint density at radius 3 is 2.64 bits per heavy atom. The zero-order valence-electron chi connectivity index (χ0n) is 14.1. The molecule has 0 spiro atoms. The molecule has 1 N–H and O–H groups in total. The van der Waals surface area contributed by atoms with Crippen molar-refractivity contribution in [1.82, 2.24) is 9.97 Å². The second-order valence-electron chi connectivity index (χ2n) is 5.80. The van der Waals surface area contributed by atoms with E-state index in [9.17, 15) is 10.1 Å². The third-order valence-corrected chi connectivity index (χ3v) is 4.17. The molecule has 1 fully saturated rings. The Hall–Kier alpha value is -2.90. The van der Waals surface area contributed by atoms with E-state index in [-0.39, 0.29) is 16.7 Å².